The predicted octanol–water partition coefficient (Wildman–Crippen LogP) is 2.02. The van der Waals surface area contributed by atoms with Crippen molar-refractivity contribution in [3.8, 4) is 0 Å². The van der Waals surface area contributed by atoms with Crippen LogP contribution in [0.5, 0.6) is 0 Å². The molecule has 1 rings (SSSR count). The van der Waals surface area contributed by atoms with E-state index in [0.29, 0.717) is 5.69 Å². The standard InChI is InChI=1S/C9H13FN2/c1-2-4-8(11)9-7(10)5-3-6-12-9/h3,5-6,8H,2,4,11H2,1H3/t8-/m0/s1. The molecule has 3 heteroatoms. The van der Waals surface area contributed by atoms with E-state index in [1.54, 1.807) is 12.3 Å². The van der Waals surface area contributed by atoms with Gasteiger partial charge in [0.1, 0.15) is 5.82 Å². The zero-order valence-corrected chi connectivity index (χ0v) is 7.13. The van der Waals surface area contributed by atoms with Gasteiger partial charge in [-0.3, -0.25) is 4.98 Å². The van der Waals surface area contributed by atoms with Crippen LogP contribution in [0.4, 0.5) is 4.39 Å². The summed E-state index contributed by atoms with van der Waals surface area (Å²) >= 11 is 0. The molecule has 0 amide bonds. The summed E-state index contributed by atoms with van der Waals surface area (Å²) in [6, 6.07) is 2.69. The lowest BCUT2D eigenvalue weighted by Gasteiger charge is -2.09. The number of pyridine rings is 1. The summed E-state index contributed by atoms with van der Waals surface area (Å²) < 4.78 is 13.0. The number of hydrogen-bond donors (Lipinski definition) is 1. The maximum Gasteiger partial charge on any atom is 0.146 e. The van der Waals surface area contributed by atoms with Gasteiger partial charge in [0.2, 0.25) is 0 Å². The lowest BCUT2D eigenvalue weighted by atomic mass is 10.1. The molecule has 0 fully saturated rings. The van der Waals surface area contributed by atoms with Gasteiger partial charge in [-0.1, -0.05) is 13.3 Å². The first-order valence-corrected chi connectivity index (χ1v) is 4.11. The van der Waals surface area contributed by atoms with Gasteiger partial charge in [-0.2, -0.15) is 0 Å². The van der Waals surface area contributed by atoms with Gasteiger partial charge in [0.15, 0.2) is 0 Å². The molecule has 12 heavy (non-hydrogen) atoms. The van der Waals surface area contributed by atoms with Crippen LogP contribution in [-0.2, 0) is 0 Å². The van der Waals surface area contributed by atoms with Gasteiger partial charge in [0.05, 0.1) is 5.69 Å². The van der Waals surface area contributed by atoms with Crippen molar-refractivity contribution in [3.05, 3.63) is 29.8 Å². The molecule has 0 aliphatic carbocycles. The number of halogens is 1. The van der Waals surface area contributed by atoms with Crippen LogP contribution in [0.25, 0.3) is 0 Å². The molecule has 66 valence electrons. The van der Waals surface area contributed by atoms with Crippen LogP contribution in [0.3, 0.4) is 0 Å². The van der Waals surface area contributed by atoms with E-state index < -0.39 is 0 Å². The summed E-state index contributed by atoms with van der Waals surface area (Å²) in [6.45, 7) is 2.01. The Labute approximate surface area is 71.6 Å². The molecular formula is C9H13FN2. The van der Waals surface area contributed by atoms with Gasteiger partial charge < -0.3 is 5.73 Å². The topological polar surface area (TPSA) is 38.9 Å². The van der Waals surface area contributed by atoms with Gasteiger partial charge in [-0.15, -0.1) is 0 Å². The zero-order valence-electron chi connectivity index (χ0n) is 7.13. The highest BCUT2D eigenvalue weighted by atomic mass is 19.1. The Morgan fingerprint density at radius 3 is 3.00 bits per heavy atom. The van der Waals surface area contributed by atoms with Crippen molar-refractivity contribution >= 4 is 0 Å². The van der Waals surface area contributed by atoms with E-state index >= 15 is 0 Å². The van der Waals surface area contributed by atoms with Crippen molar-refractivity contribution in [1.82, 2.24) is 4.98 Å². The minimum absolute atomic E-state index is 0.267. The van der Waals surface area contributed by atoms with Crippen LogP contribution in [0, 0.1) is 5.82 Å². The summed E-state index contributed by atoms with van der Waals surface area (Å²) in [6.07, 6.45) is 3.28. The summed E-state index contributed by atoms with van der Waals surface area (Å²) in [4.78, 5) is 3.90. The molecule has 0 aliphatic heterocycles. The van der Waals surface area contributed by atoms with E-state index in [4.69, 9.17) is 5.73 Å². The summed E-state index contributed by atoms with van der Waals surface area (Å²) in [5.41, 5.74) is 6.08. The van der Waals surface area contributed by atoms with Crippen molar-refractivity contribution in [1.29, 1.82) is 0 Å². The maximum atomic E-state index is 13.0. The monoisotopic (exact) mass is 168 g/mol. The van der Waals surface area contributed by atoms with E-state index in [1.807, 2.05) is 6.92 Å². The molecule has 0 saturated carbocycles. The maximum absolute atomic E-state index is 13.0. The second-order valence-corrected chi connectivity index (χ2v) is 2.77. The molecule has 1 aromatic heterocycles. The molecule has 0 aromatic carbocycles. The Morgan fingerprint density at radius 1 is 1.67 bits per heavy atom. The van der Waals surface area contributed by atoms with E-state index in [1.165, 1.54) is 6.07 Å². The molecule has 1 aromatic rings. The molecule has 1 atom stereocenters. The number of nitrogens with two attached hydrogens (primary N) is 1. The Kier molecular flexibility index (Phi) is 3.17. The van der Waals surface area contributed by atoms with E-state index in [0.717, 1.165) is 12.8 Å². The average molecular weight is 168 g/mol. The highest BCUT2D eigenvalue weighted by molar-refractivity contribution is 5.10. The zero-order chi connectivity index (χ0) is 8.97. The fourth-order valence-corrected chi connectivity index (χ4v) is 1.12. The normalized spacial score (nSPS) is 12.9. The fourth-order valence-electron chi connectivity index (χ4n) is 1.12. The summed E-state index contributed by atoms with van der Waals surface area (Å²) in [5.74, 6) is -0.307. The quantitative estimate of drug-likeness (QED) is 0.749. The van der Waals surface area contributed by atoms with Gasteiger partial charge in [0.25, 0.3) is 0 Å². The first-order chi connectivity index (χ1) is 5.75. The molecule has 0 bridgehead atoms. The van der Waals surface area contributed by atoms with E-state index in [-0.39, 0.29) is 11.9 Å². The number of nitrogens with zero attached hydrogens (tertiary/aromatic N) is 1. The second kappa shape index (κ2) is 4.16. The largest absolute Gasteiger partial charge is 0.323 e. The second-order valence-electron chi connectivity index (χ2n) is 2.77. The van der Waals surface area contributed by atoms with Crippen LogP contribution in [-0.4, -0.2) is 4.98 Å². The Morgan fingerprint density at radius 2 is 2.42 bits per heavy atom. The molecule has 0 spiro atoms. The Hall–Kier alpha value is -0.960. The first kappa shape index (κ1) is 9.13. The third-order valence-electron chi connectivity index (χ3n) is 1.74. The van der Waals surface area contributed by atoms with E-state index in [9.17, 15) is 4.39 Å². The average Bonchev–Trinajstić information content (AvgIpc) is 2.05. The van der Waals surface area contributed by atoms with Gasteiger partial charge in [-0.05, 0) is 18.6 Å². The minimum atomic E-state index is -0.307. The SMILES string of the molecule is CCC[C@H](N)c1ncccc1F. The Bertz CT molecular complexity index is 250. The van der Waals surface area contributed by atoms with Crippen molar-refractivity contribution in [2.45, 2.75) is 25.8 Å². The van der Waals surface area contributed by atoms with Crippen molar-refractivity contribution in [2.75, 3.05) is 0 Å². The number of aromatic nitrogens is 1. The first-order valence-electron chi connectivity index (χ1n) is 4.11. The molecule has 1 heterocycles. The van der Waals surface area contributed by atoms with E-state index in [2.05, 4.69) is 4.98 Å². The summed E-state index contributed by atoms with van der Waals surface area (Å²) in [5, 5.41) is 0. The summed E-state index contributed by atoms with van der Waals surface area (Å²) in [7, 11) is 0. The smallest absolute Gasteiger partial charge is 0.146 e. The van der Waals surface area contributed by atoms with Crippen LogP contribution < -0.4 is 5.73 Å². The fraction of sp³-hybridized carbons (Fsp3) is 0.444. The van der Waals surface area contributed by atoms with Crippen LogP contribution in [0.1, 0.15) is 31.5 Å². The molecule has 2 N–H and O–H groups in total. The number of rotatable bonds is 3. The van der Waals surface area contributed by atoms with Gasteiger partial charge >= 0.3 is 0 Å². The third kappa shape index (κ3) is 2.01. The molecule has 0 radical (unpaired) electrons. The Balaban J connectivity index is 2.79. The molecule has 2 nitrogen and oxygen atoms in total. The minimum Gasteiger partial charge on any atom is -0.323 e. The predicted molar refractivity (Wildman–Crippen MR) is 46.0 cm³/mol. The third-order valence-corrected chi connectivity index (χ3v) is 1.74. The molecule has 0 saturated heterocycles. The van der Waals surface area contributed by atoms with Crippen LogP contribution in [0.15, 0.2) is 18.3 Å². The molecule has 0 aliphatic rings. The van der Waals surface area contributed by atoms with Crippen molar-refractivity contribution in [2.24, 2.45) is 5.73 Å². The lowest BCUT2D eigenvalue weighted by Crippen LogP contribution is -2.13. The van der Waals surface area contributed by atoms with Gasteiger partial charge in [0, 0.05) is 12.2 Å². The lowest BCUT2D eigenvalue weighted by molar-refractivity contribution is 0.543. The highest BCUT2D eigenvalue weighted by Gasteiger charge is 2.10. The number of hydrogen-bond acceptors (Lipinski definition) is 2. The van der Waals surface area contributed by atoms with Crippen molar-refractivity contribution < 1.29 is 4.39 Å². The molecular weight excluding hydrogens is 155 g/mol. The van der Waals surface area contributed by atoms with Gasteiger partial charge in [-0.25, -0.2) is 4.39 Å². The van der Waals surface area contributed by atoms with Crippen LogP contribution in [0.2, 0.25) is 0 Å². The van der Waals surface area contributed by atoms with Crippen molar-refractivity contribution in [3.63, 3.8) is 0 Å². The molecule has 0 unspecified atom stereocenters. The van der Waals surface area contributed by atoms with Crippen LogP contribution >= 0.6 is 0 Å². The highest BCUT2D eigenvalue weighted by Crippen LogP contribution is 2.15.